The number of aromatic nitrogens is 5. The van der Waals surface area contributed by atoms with Gasteiger partial charge in [-0.3, -0.25) is 0 Å². The summed E-state index contributed by atoms with van der Waals surface area (Å²) in [6.07, 6.45) is 0. The Morgan fingerprint density at radius 2 is 1.68 bits per heavy atom. The molecule has 0 aliphatic heterocycles. The molecule has 0 radical (unpaired) electrons. The summed E-state index contributed by atoms with van der Waals surface area (Å²) in [6.45, 7) is 3.85. The number of rotatable bonds is 6. The van der Waals surface area contributed by atoms with Crippen LogP contribution in [0.2, 0.25) is 5.02 Å². The molecule has 0 unspecified atom stereocenters. The monoisotopic (exact) mass is 441 g/mol. The average molecular weight is 442 g/mol. The van der Waals surface area contributed by atoms with Crippen molar-refractivity contribution in [2.45, 2.75) is 13.8 Å². The van der Waals surface area contributed by atoms with Gasteiger partial charge in [0.05, 0.1) is 32.7 Å². The number of benzene rings is 2. The summed E-state index contributed by atoms with van der Waals surface area (Å²) in [5.74, 6) is 2.05. The second-order valence-corrected chi connectivity index (χ2v) is 7.14. The van der Waals surface area contributed by atoms with Gasteiger partial charge in [-0.2, -0.15) is 4.98 Å². The van der Waals surface area contributed by atoms with Crippen LogP contribution >= 0.6 is 11.6 Å². The van der Waals surface area contributed by atoms with Crippen molar-refractivity contribution in [3.05, 3.63) is 46.6 Å². The van der Waals surface area contributed by atoms with Crippen LogP contribution in [0.25, 0.3) is 28.7 Å². The molecule has 10 heteroatoms. The van der Waals surface area contributed by atoms with E-state index in [0.717, 1.165) is 16.9 Å². The molecule has 0 fully saturated rings. The molecule has 2 aromatic carbocycles. The van der Waals surface area contributed by atoms with Crippen LogP contribution in [0, 0.1) is 13.8 Å². The third kappa shape index (κ3) is 3.68. The molecule has 0 aliphatic carbocycles. The van der Waals surface area contributed by atoms with Crippen LogP contribution in [-0.2, 0) is 0 Å². The van der Waals surface area contributed by atoms with Crippen molar-refractivity contribution in [3.8, 4) is 45.9 Å². The summed E-state index contributed by atoms with van der Waals surface area (Å²) in [5.41, 5.74) is 3.69. The third-order valence-corrected chi connectivity index (χ3v) is 5.08. The Kier molecular flexibility index (Phi) is 5.51. The van der Waals surface area contributed by atoms with Gasteiger partial charge in [-0.05, 0) is 43.7 Å². The standard InChI is InChI=1S/C21H20ClN5O4/c1-11-6-7-14(22)10-15(11)27-12(2)18(24-26-27)21-23-20(25-31-21)13-8-16(28-3)19(30-5)17(9-13)29-4/h6-10H,1-5H3. The summed E-state index contributed by atoms with van der Waals surface area (Å²) < 4.78 is 23.3. The van der Waals surface area contributed by atoms with Gasteiger partial charge in [0.1, 0.15) is 0 Å². The Labute approximate surface area is 183 Å². The fraction of sp³-hybridized carbons (Fsp3) is 0.238. The van der Waals surface area contributed by atoms with Crippen molar-refractivity contribution in [2.24, 2.45) is 0 Å². The first-order chi connectivity index (χ1) is 15.0. The molecule has 0 saturated carbocycles. The average Bonchev–Trinajstić information content (AvgIpc) is 3.41. The van der Waals surface area contributed by atoms with E-state index in [4.69, 9.17) is 30.3 Å². The maximum Gasteiger partial charge on any atom is 0.280 e. The fourth-order valence-electron chi connectivity index (χ4n) is 3.21. The Morgan fingerprint density at radius 1 is 0.968 bits per heavy atom. The topological polar surface area (TPSA) is 97.3 Å². The molecular formula is C21H20ClN5O4. The zero-order valence-corrected chi connectivity index (χ0v) is 18.4. The zero-order chi connectivity index (χ0) is 22.1. The van der Waals surface area contributed by atoms with Gasteiger partial charge in [0, 0.05) is 10.6 Å². The van der Waals surface area contributed by atoms with E-state index in [1.807, 2.05) is 32.0 Å². The normalized spacial score (nSPS) is 10.9. The number of methoxy groups -OCH3 is 3. The van der Waals surface area contributed by atoms with Crippen molar-refractivity contribution < 1.29 is 18.7 Å². The van der Waals surface area contributed by atoms with Gasteiger partial charge in [0.25, 0.3) is 5.89 Å². The first-order valence-corrected chi connectivity index (χ1v) is 9.68. The molecule has 9 nitrogen and oxygen atoms in total. The highest BCUT2D eigenvalue weighted by Crippen LogP contribution is 2.40. The van der Waals surface area contributed by atoms with Crippen LogP contribution in [0.3, 0.4) is 0 Å². The molecule has 160 valence electrons. The summed E-state index contributed by atoms with van der Waals surface area (Å²) >= 11 is 6.15. The first kappa shape index (κ1) is 20.7. The van der Waals surface area contributed by atoms with Crippen molar-refractivity contribution >= 4 is 11.6 Å². The minimum Gasteiger partial charge on any atom is -0.493 e. The molecule has 4 aromatic rings. The first-order valence-electron chi connectivity index (χ1n) is 9.30. The van der Waals surface area contributed by atoms with E-state index in [-0.39, 0.29) is 5.89 Å². The lowest BCUT2D eigenvalue weighted by Gasteiger charge is -2.12. The van der Waals surface area contributed by atoms with Crippen molar-refractivity contribution in [1.82, 2.24) is 25.1 Å². The summed E-state index contributed by atoms with van der Waals surface area (Å²) in [7, 11) is 4.63. The quantitative estimate of drug-likeness (QED) is 0.437. The van der Waals surface area contributed by atoms with Gasteiger partial charge in [0.15, 0.2) is 17.2 Å². The summed E-state index contributed by atoms with van der Waals surface area (Å²) in [4.78, 5) is 4.49. The second kappa shape index (κ2) is 8.27. The van der Waals surface area contributed by atoms with E-state index in [0.29, 0.717) is 39.4 Å². The molecule has 31 heavy (non-hydrogen) atoms. The number of hydrogen-bond acceptors (Lipinski definition) is 8. The second-order valence-electron chi connectivity index (χ2n) is 6.70. The number of halogens is 1. The van der Waals surface area contributed by atoms with Crippen LogP contribution in [0.15, 0.2) is 34.9 Å². The van der Waals surface area contributed by atoms with E-state index in [1.165, 1.54) is 0 Å². The molecule has 0 saturated heterocycles. The number of nitrogens with zero attached hydrogens (tertiary/aromatic N) is 5. The number of hydrogen-bond donors (Lipinski definition) is 0. The summed E-state index contributed by atoms with van der Waals surface area (Å²) in [5, 5.41) is 13.2. The van der Waals surface area contributed by atoms with Gasteiger partial charge in [-0.15, -0.1) is 5.10 Å². The SMILES string of the molecule is COc1cc(-c2noc(-c3nnn(-c4cc(Cl)ccc4C)c3C)n2)cc(OC)c1OC. The Hall–Kier alpha value is -3.59. The van der Waals surface area contributed by atoms with Crippen LogP contribution in [0.5, 0.6) is 17.2 Å². The van der Waals surface area contributed by atoms with Gasteiger partial charge in [-0.25, -0.2) is 4.68 Å². The van der Waals surface area contributed by atoms with Crippen LogP contribution in [0.4, 0.5) is 0 Å². The zero-order valence-electron chi connectivity index (χ0n) is 17.6. The van der Waals surface area contributed by atoms with Crippen molar-refractivity contribution in [3.63, 3.8) is 0 Å². The molecular weight excluding hydrogens is 422 g/mol. The van der Waals surface area contributed by atoms with Crippen LogP contribution < -0.4 is 14.2 Å². The predicted molar refractivity (Wildman–Crippen MR) is 114 cm³/mol. The molecule has 0 atom stereocenters. The lowest BCUT2D eigenvalue weighted by molar-refractivity contribution is 0.324. The third-order valence-electron chi connectivity index (χ3n) is 4.85. The molecule has 0 bridgehead atoms. The minimum atomic E-state index is 0.243. The maximum absolute atomic E-state index is 6.15. The van der Waals surface area contributed by atoms with Crippen LogP contribution in [-0.4, -0.2) is 46.5 Å². The van der Waals surface area contributed by atoms with Crippen molar-refractivity contribution in [1.29, 1.82) is 0 Å². The lowest BCUT2D eigenvalue weighted by Crippen LogP contribution is -2.01. The molecule has 0 spiro atoms. The van der Waals surface area contributed by atoms with Gasteiger partial charge >= 0.3 is 0 Å². The predicted octanol–water partition coefficient (Wildman–Crippen LogP) is 4.28. The van der Waals surface area contributed by atoms with Crippen LogP contribution in [0.1, 0.15) is 11.3 Å². The van der Waals surface area contributed by atoms with Gasteiger partial charge in [-0.1, -0.05) is 28.0 Å². The number of ether oxygens (including phenoxy) is 3. The molecule has 0 amide bonds. The summed E-state index contributed by atoms with van der Waals surface area (Å²) in [6, 6.07) is 9.07. The largest absolute Gasteiger partial charge is 0.493 e. The molecule has 2 heterocycles. The van der Waals surface area contributed by atoms with E-state index in [2.05, 4.69) is 20.5 Å². The highest BCUT2D eigenvalue weighted by molar-refractivity contribution is 6.30. The molecule has 0 N–H and O–H groups in total. The van der Waals surface area contributed by atoms with Crippen molar-refractivity contribution in [2.75, 3.05) is 21.3 Å². The van der Waals surface area contributed by atoms with E-state index in [9.17, 15) is 0 Å². The smallest absolute Gasteiger partial charge is 0.280 e. The molecule has 4 rings (SSSR count). The fourth-order valence-corrected chi connectivity index (χ4v) is 3.38. The van der Waals surface area contributed by atoms with E-state index in [1.54, 1.807) is 38.1 Å². The Morgan fingerprint density at radius 3 is 2.32 bits per heavy atom. The Bertz CT molecular complexity index is 1230. The van der Waals surface area contributed by atoms with E-state index >= 15 is 0 Å². The highest BCUT2D eigenvalue weighted by atomic mass is 35.5. The molecule has 0 aliphatic rings. The number of aryl methyl sites for hydroxylation is 1. The van der Waals surface area contributed by atoms with Gasteiger partial charge < -0.3 is 18.7 Å². The lowest BCUT2D eigenvalue weighted by atomic mass is 10.1. The minimum absolute atomic E-state index is 0.243. The molecule has 2 aromatic heterocycles. The highest BCUT2D eigenvalue weighted by Gasteiger charge is 2.21. The Balaban J connectivity index is 1.74. The van der Waals surface area contributed by atoms with Gasteiger partial charge in [0.2, 0.25) is 11.6 Å². The maximum atomic E-state index is 6.15. The van der Waals surface area contributed by atoms with E-state index < -0.39 is 0 Å².